The van der Waals surface area contributed by atoms with Gasteiger partial charge >= 0.3 is 23.9 Å². The summed E-state index contributed by atoms with van der Waals surface area (Å²) in [6.45, 7) is 30.5. The highest BCUT2D eigenvalue weighted by atomic mass is 35.5. The molecule has 0 radical (unpaired) electrons. The van der Waals surface area contributed by atoms with Gasteiger partial charge in [0.05, 0.1) is 26.3 Å². The molecule has 0 heterocycles. The van der Waals surface area contributed by atoms with Gasteiger partial charge in [-0.05, 0) is 252 Å². The highest BCUT2D eigenvalue weighted by molar-refractivity contribution is 6.31. The van der Waals surface area contributed by atoms with Crippen LogP contribution in [0, 0.1) is 33.2 Å². The van der Waals surface area contributed by atoms with Crippen LogP contribution in [-0.4, -0.2) is 44.3 Å². The Morgan fingerprint density at radius 1 is 0.233 bits per heavy atom. The van der Waals surface area contributed by atoms with E-state index in [9.17, 15) is 39.6 Å². The monoisotopic (exact) mass is 1720 g/mol. The van der Waals surface area contributed by atoms with Crippen LogP contribution < -0.4 is 9.80 Å². The summed E-state index contributed by atoms with van der Waals surface area (Å²) in [5.74, 6) is -5.02. The standard InChI is InChI=1S/C57H41N3O4.C56H37Cl2N3O4/c1-40-9-11-45(12-10-40)37-53(48-7-5-4-6-8-48)49-29-35-52(36-30-49)60(50-31-25-43(26-32-50)15-13-41-17-21-46(22-18-41)38-54(58-2)56(61)62)51-33-27-44(28-34-51)16-14-42-19-23-47(24-20-42)39-55(59-3)57(63)64;1-59-53(55(62)63)36-43-11-7-38(8-12-43)3-5-40-15-29-49(30-16-40)61(50-31-17-41(18-32-50)6-4-39-9-13-44(14-10-39)37-54(60-2)56(64)65)51-33-19-42(20-34-51)35-52(45-21-25-47(57)26-22-45)46-23-27-48(58)28-24-46/h4-39H,1H3,(H,61,62)(H,63,64);3-37H,(H,62,63)(H,64,65)/b15-13+,16-14+,53-37+,54-38-,55-39-;5-3+,6-4+,53-36-,54-37-. The van der Waals surface area contributed by atoms with Crippen molar-refractivity contribution in [2.75, 3.05) is 9.80 Å². The maximum absolute atomic E-state index is 11.3. The number of carboxylic acid groups (broad SMARTS) is 4. The number of rotatable bonds is 28. The second-order valence-corrected chi connectivity index (χ2v) is 30.2. The minimum Gasteiger partial charge on any atom is -0.486 e. The molecule has 0 atom stereocenters. The zero-order valence-corrected chi connectivity index (χ0v) is 70.9. The molecule has 4 N–H and O–H groups in total. The van der Waals surface area contributed by atoms with Gasteiger partial charge in [-0.2, -0.15) is 0 Å². The zero-order valence-electron chi connectivity index (χ0n) is 69.4. The third kappa shape index (κ3) is 24.9. The van der Waals surface area contributed by atoms with Gasteiger partial charge in [-0.3, -0.25) is 19.2 Å². The molecular formula is C113H78Cl2N6O8. The zero-order chi connectivity index (χ0) is 90.5. The van der Waals surface area contributed by atoms with Crippen molar-refractivity contribution >= 4 is 177 Å². The molecule has 0 amide bonds. The number of aryl methyl sites for hydroxylation is 1. The van der Waals surface area contributed by atoms with E-state index >= 15 is 0 Å². The minimum absolute atomic E-state index is 0.334. The Labute approximate surface area is 758 Å². The lowest BCUT2D eigenvalue weighted by Crippen LogP contribution is -2.10. The summed E-state index contributed by atoms with van der Waals surface area (Å²) < 4.78 is 0. The fraction of sp³-hybridized carbons (Fsp3) is 0.00885. The number of nitrogens with zero attached hydrogens (tertiary/aromatic N) is 6. The Morgan fingerprint density at radius 2 is 0.403 bits per heavy atom. The van der Waals surface area contributed by atoms with Gasteiger partial charge in [-0.1, -0.05) is 326 Å². The molecule has 14 aromatic carbocycles. The molecule has 0 saturated heterocycles. The second-order valence-electron chi connectivity index (χ2n) is 29.4. The number of benzene rings is 14. The first-order valence-corrected chi connectivity index (χ1v) is 41.2. The van der Waals surface area contributed by atoms with Crippen LogP contribution in [0.15, 0.2) is 369 Å². The highest BCUT2D eigenvalue weighted by Crippen LogP contribution is 2.40. The van der Waals surface area contributed by atoms with E-state index in [1.807, 2.05) is 152 Å². The van der Waals surface area contributed by atoms with Crippen molar-refractivity contribution < 1.29 is 39.6 Å². The molecule has 0 fully saturated rings. The lowest BCUT2D eigenvalue weighted by Gasteiger charge is -2.26. The average Bonchev–Trinajstić information content (AvgIpc) is 0.794. The fourth-order valence-corrected chi connectivity index (χ4v) is 13.9. The van der Waals surface area contributed by atoms with Crippen LogP contribution in [0.1, 0.15) is 106 Å². The molecule has 0 spiro atoms. The van der Waals surface area contributed by atoms with Crippen molar-refractivity contribution in [3.63, 3.8) is 0 Å². The van der Waals surface area contributed by atoms with Crippen molar-refractivity contribution in [3.8, 4) is 0 Å². The molecule has 0 aromatic heterocycles. The van der Waals surface area contributed by atoms with Crippen molar-refractivity contribution in [1.82, 2.24) is 0 Å². The maximum Gasteiger partial charge on any atom is 0.333 e. The van der Waals surface area contributed by atoms with Crippen LogP contribution in [0.25, 0.3) is 116 Å². The maximum atomic E-state index is 11.3. The van der Waals surface area contributed by atoms with Gasteiger partial charge in [-0.15, -0.1) is 0 Å². The molecular weight excluding hydrogens is 1640 g/mol. The van der Waals surface area contributed by atoms with E-state index in [4.69, 9.17) is 49.5 Å². The Bertz CT molecular complexity index is 6590. The van der Waals surface area contributed by atoms with Crippen molar-refractivity contribution in [2.24, 2.45) is 0 Å². The number of hydrogen-bond acceptors (Lipinski definition) is 6. The van der Waals surface area contributed by atoms with Gasteiger partial charge in [0, 0.05) is 44.2 Å². The summed E-state index contributed by atoms with van der Waals surface area (Å²) in [5.41, 5.74) is 24.4. The summed E-state index contributed by atoms with van der Waals surface area (Å²) in [4.78, 5) is 61.7. The van der Waals surface area contributed by atoms with Crippen LogP contribution in [-0.2, 0) is 19.2 Å². The van der Waals surface area contributed by atoms with Gasteiger partial charge < -0.3 is 30.2 Å². The van der Waals surface area contributed by atoms with Crippen molar-refractivity contribution in [2.45, 2.75) is 6.92 Å². The predicted molar refractivity (Wildman–Crippen MR) is 527 cm³/mol. The third-order valence-corrected chi connectivity index (χ3v) is 21.0. The number of carboxylic acids is 4. The first-order chi connectivity index (χ1) is 62.7. The van der Waals surface area contributed by atoms with Gasteiger partial charge in [-0.25, -0.2) is 19.4 Å². The topological polar surface area (TPSA) is 173 Å². The average molecular weight is 1720 g/mol. The van der Waals surface area contributed by atoms with Crippen LogP contribution >= 0.6 is 23.2 Å². The number of halogens is 2. The first kappa shape index (κ1) is 89.3. The van der Waals surface area contributed by atoms with Crippen LogP contribution in [0.4, 0.5) is 34.1 Å². The molecule has 14 nitrogen and oxygen atoms in total. The summed E-state index contributed by atoms with van der Waals surface area (Å²) in [6.07, 6.45) is 25.8. The third-order valence-electron chi connectivity index (χ3n) is 20.5. The lowest BCUT2D eigenvalue weighted by molar-refractivity contribution is -0.133. The van der Waals surface area contributed by atoms with Gasteiger partial charge in [0.25, 0.3) is 22.8 Å². The van der Waals surface area contributed by atoms with Crippen LogP contribution in [0.3, 0.4) is 0 Å². The molecule has 0 saturated carbocycles. The lowest BCUT2D eigenvalue weighted by atomic mass is 9.95. The summed E-state index contributed by atoms with van der Waals surface area (Å²) in [5, 5.41) is 38.1. The summed E-state index contributed by atoms with van der Waals surface area (Å²) in [6, 6.07) is 114. The smallest absolute Gasteiger partial charge is 0.333 e. The first-order valence-electron chi connectivity index (χ1n) is 40.4. The van der Waals surface area contributed by atoms with Crippen LogP contribution in [0.5, 0.6) is 0 Å². The Hall–Kier alpha value is -17.5. The molecule has 0 unspecified atom stereocenters. The van der Waals surface area contributed by atoms with E-state index in [2.05, 4.69) is 242 Å². The van der Waals surface area contributed by atoms with E-state index in [1.54, 1.807) is 48.5 Å². The van der Waals surface area contributed by atoms with E-state index in [0.29, 0.717) is 32.3 Å². The van der Waals surface area contributed by atoms with Crippen molar-refractivity contribution in [3.05, 3.63) is 530 Å². The predicted octanol–water partition coefficient (Wildman–Crippen LogP) is 29.2. The van der Waals surface area contributed by atoms with Gasteiger partial charge in [0.15, 0.2) is 0 Å². The second kappa shape index (κ2) is 43.5. The number of anilines is 6. The number of hydrogen-bond donors (Lipinski definition) is 4. The largest absolute Gasteiger partial charge is 0.486 e. The van der Waals surface area contributed by atoms with Gasteiger partial charge in [0.2, 0.25) is 0 Å². The van der Waals surface area contributed by atoms with Gasteiger partial charge in [0.1, 0.15) is 0 Å². The molecule has 622 valence electrons. The number of aliphatic carboxylic acids is 4. The Balaban J connectivity index is 0.000000220. The molecule has 0 bridgehead atoms. The number of carbonyl (C=O) groups is 4. The molecule has 0 aliphatic rings. The minimum atomic E-state index is -1.26. The normalized spacial score (nSPS) is 11.7. The molecule has 16 heteroatoms. The SMILES string of the molecule is [C-]#[N+]/C(=C\c1ccc(/C=C/c2ccc(N(c3ccc(/C=C/c4ccc(/C=C(\[N+]#[C-])C(=O)O)cc4)cc3)c3ccc(/C(=C/c4ccc(C)cc4)c4ccccc4)cc3)cc2)cc1)C(=O)O.[C-]#[N+]/C(=C\c1ccc(/C=C/c2ccc(N(c3ccc(C=C(c4ccc(Cl)cc4)c4ccc(Cl)cc4)cc3)c3ccc(/C=C/c4ccc(/C=C(\[N+]#[C-])C(=O)O)cc4)cc3)cc2)cc1)C(=O)O. The van der Waals surface area contributed by atoms with E-state index in [0.717, 1.165) is 123 Å². The van der Waals surface area contributed by atoms with Crippen LogP contribution in [0.2, 0.25) is 10.0 Å². The summed E-state index contributed by atoms with van der Waals surface area (Å²) >= 11 is 12.5. The Morgan fingerprint density at radius 3 is 0.620 bits per heavy atom. The molecule has 0 aliphatic carbocycles. The van der Waals surface area contributed by atoms with E-state index in [1.165, 1.54) is 29.9 Å². The van der Waals surface area contributed by atoms with E-state index < -0.39 is 23.9 Å². The molecule has 14 rings (SSSR count). The molecule has 14 aromatic rings. The summed E-state index contributed by atoms with van der Waals surface area (Å²) in [7, 11) is 0. The fourth-order valence-electron chi connectivity index (χ4n) is 13.7. The highest BCUT2D eigenvalue weighted by Gasteiger charge is 2.19. The van der Waals surface area contributed by atoms with E-state index in [-0.39, 0.29) is 22.8 Å². The Kier molecular flexibility index (Phi) is 30.1. The quantitative estimate of drug-likeness (QED) is 0.0210. The molecule has 0 aliphatic heterocycles. The van der Waals surface area contributed by atoms with Crippen molar-refractivity contribution in [1.29, 1.82) is 0 Å². The molecule has 129 heavy (non-hydrogen) atoms.